The highest BCUT2D eigenvalue weighted by Crippen LogP contribution is 2.52. The molecule has 0 bridgehead atoms. The van der Waals surface area contributed by atoms with Crippen LogP contribution in [0.25, 0.3) is 0 Å². The van der Waals surface area contributed by atoms with Crippen LogP contribution in [0.4, 0.5) is 0 Å². The molecule has 0 N–H and O–H groups in total. The Morgan fingerprint density at radius 3 is 2.48 bits per heavy atom. The average molecular weight is 384 g/mol. The van der Waals surface area contributed by atoms with Crippen LogP contribution in [-0.4, -0.2) is 16.4 Å². The van der Waals surface area contributed by atoms with Crippen molar-refractivity contribution >= 4 is 5.71 Å². The Kier molecular flexibility index (Phi) is 3.80. The molecule has 4 heteroatoms. The molecule has 29 heavy (non-hydrogen) atoms. The lowest BCUT2D eigenvalue weighted by atomic mass is 9.78. The molecule has 1 fully saturated rings. The standard InChI is InChI=1S/C25H24N2O2/c1-2-7-18(8-3-1)19-12-14-25(15-13-19)27-22(20-9-4-5-10-23(20)29-25)17-21(26-27)24-11-6-16-28-24/h1-11,16,19,22H,12-15,17H2/t19?,22-,25?/m1/s1. The van der Waals surface area contributed by atoms with Gasteiger partial charge in [-0.3, -0.25) is 0 Å². The monoisotopic (exact) mass is 384 g/mol. The molecular weight excluding hydrogens is 360 g/mol. The number of hydrazone groups is 1. The number of para-hydroxylation sites is 1. The average Bonchev–Trinajstić information content (AvgIpc) is 3.46. The van der Waals surface area contributed by atoms with Crippen LogP contribution < -0.4 is 4.74 Å². The van der Waals surface area contributed by atoms with Crippen LogP contribution in [-0.2, 0) is 0 Å². The van der Waals surface area contributed by atoms with E-state index in [0.29, 0.717) is 5.92 Å². The van der Waals surface area contributed by atoms with Crippen LogP contribution in [0.3, 0.4) is 0 Å². The summed E-state index contributed by atoms with van der Waals surface area (Å²) >= 11 is 0. The summed E-state index contributed by atoms with van der Waals surface area (Å²) in [6.07, 6.45) is 6.76. The Hall–Kier alpha value is -3.01. The smallest absolute Gasteiger partial charge is 0.198 e. The zero-order valence-electron chi connectivity index (χ0n) is 16.3. The third-order valence-corrected chi connectivity index (χ3v) is 6.75. The maximum absolute atomic E-state index is 6.71. The maximum atomic E-state index is 6.71. The van der Waals surface area contributed by atoms with Gasteiger partial charge < -0.3 is 9.15 Å². The molecule has 2 aromatic carbocycles. The van der Waals surface area contributed by atoms with Crippen molar-refractivity contribution < 1.29 is 9.15 Å². The Morgan fingerprint density at radius 1 is 0.897 bits per heavy atom. The van der Waals surface area contributed by atoms with E-state index in [1.165, 1.54) is 11.1 Å². The van der Waals surface area contributed by atoms with Gasteiger partial charge in [-0.1, -0.05) is 48.5 Å². The largest absolute Gasteiger partial charge is 0.466 e. The van der Waals surface area contributed by atoms with Crippen molar-refractivity contribution in [1.29, 1.82) is 0 Å². The molecule has 1 saturated carbocycles. The highest BCUT2D eigenvalue weighted by Gasteiger charge is 2.52. The third-order valence-electron chi connectivity index (χ3n) is 6.75. The number of furan rings is 1. The van der Waals surface area contributed by atoms with Crippen LogP contribution in [0.15, 0.2) is 82.5 Å². The lowest BCUT2D eigenvalue weighted by Crippen LogP contribution is -2.55. The molecule has 3 heterocycles. The SMILES string of the molecule is c1ccc(C2CCC3(CC2)Oc2ccccc2[C@H]2CC(c4ccco4)=NN23)cc1. The van der Waals surface area contributed by atoms with Gasteiger partial charge in [0.1, 0.15) is 17.2 Å². The second kappa shape index (κ2) is 6.51. The highest BCUT2D eigenvalue weighted by molar-refractivity contribution is 5.99. The zero-order valence-corrected chi connectivity index (χ0v) is 16.3. The quantitative estimate of drug-likeness (QED) is 0.554. The van der Waals surface area contributed by atoms with Crippen molar-refractivity contribution in [2.45, 2.75) is 49.8 Å². The van der Waals surface area contributed by atoms with Crippen LogP contribution in [0.1, 0.15) is 61.0 Å². The molecule has 1 aliphatic carbocycles. The predicted octanol–water partition coefficient (Wildman–Crippen LogP) is 5.88. The lowest BCUT2D eigenvalue weighted by Gasteiger charge is -2.50. The molecule has 6 rings (SSSR count). The van der Waals surface area contributed by atoms with E-state index in [1.54, 1.807) is 6.26 Å². The van der Waals surface area contributed by atoms with Crippen molar-refractivity contribution in [3.05, 3.63) is 89.9 Å². The molecule has 1 atom stereocenters. The number of nitrogens with zero attached hydrogens (tertiary/aromatic N) is 2. The number of fused-ring (bicyclic) bond motifs is 4. The van der Waals surface area contributed by atoms with Crippen LogP contribution in [0, 0.1) is 0 Å². The number of hydrogen-bond acceptors (Lipinski definition) is 4. The summed E-state index contributed by atoms with van der Waals surface area (Å²) in [6, 6.07) is 23.5. The summed E-state index contributed by atoms with van der Waals surface area (Å²) in [5.74, 6) is 2.48. The number of ether oxygens (including phenoxy) is 1. The van der Waals surface area contributed by atoms with Gasteiger partial charge in [-0.25, -0.2) is 5.01 Å². The van der Waals surface area contributed by atoms with Crippen molar-refractivity contribution in [1.82, 2.24) is 5.01 Å². The first-order chi connectivity index (χ1) is 14.3. The number of benzene rings is 2. The molecule has 0 saturated heterocycles. The van der Waals surface area contributed by atoms with E-state index < -0.39 is 0 Å². The first kappa shape index (κ1) is 16.9. The van der Waals surface area contributed by atoms with Gasteiger partial charge in [0.05, 0.1) is 12.3 Å². The summed E-state index contributed by atoms with van der Waals surface area (Å²) < 4.78 is 12.4. The van der Waals surface area contributed by atoms with Gasteiger partial charge in [-0.2, -0.15) is 5.10 Å². The van der Waals surface area contributed by atoms with Crippen LogP contribution >= 0.6 is 0 Å². The minimum atomic E-state index is -0.362. The molecule has 146 valence electrons. The van der Waals surface area contributed by atoms with Gasteiger partial charge in [0.2, 0.25) is 0 Å². The number of hydrogen-bond donors (Lipinski definition) is 0. The molecule has 1 aromatic heterocycles. The first-order valence-corrected chi connectivity index (χ1v) is 10.6. The van der Waals surface area contributed by atoms with Crippen LogP contribution in [0.5, 0.6) is 5.75 Å². The minimum Gasteiger partial charge on any atom is -0.466 e. The molecule has 1 spiro atoms. The molecule has 3 aliphatic rings. The summed E-state index contributed by atoms with van der Waals surface area (Å²) in [6.45, 7) is 0. The Labute approximate surface area is 170 Å². The summed E-state index contributed by atoms with van der Waals surface area (Å²) in [7, 11) is 0. The number of rotatable bonds is 2. The topological polar surface area (TPSA) is 38.0 Å². The molecule has 3 aromatic rings. The fraction of sp³-hybridized carbons (Fsp3) is 0.320. The fourth-order valence-corrected chi connectivity index (χ4v) is 5.28. The third kappa shape index (κ3) is 2.70. The van der Waals surface area contributed by atoms with E-state index in [4.69, 9.17) is 14.3 Å². The molecule has 4 nitrogen and oxygen atoms in total. The van der Waals surface area contributed by atoms with Gasteiger partial charge in [-0.15, -0.1) is 0 Å². The van der Waals surface area contributed by atoms with Gasteiger partial charge >= 0.3 is 0 Å². The van der Waals surface area contributed by atoms with E-state index >= 15 is 0 Å². The van der Waals surface area contributed by atoms with E-state index in [9.17, 15) is 0 Å². The fourth-order valence-electron chi connectivity index (χ4n) is 5.28. The van der Waals surface area contributed by atoms with E-state index in [-0.39, 0.29) is 11.8 Å². The Morgan fingerprint density at radius 2 is 1.69 bits per heavy atom. The molecule has 0 amide bonds. The van der Waals surface area contributed by atoms with Gasteiger partial charge in [0.15, 0.2) is 5.72 Å². The highest BCUT2D eigenvalue weighted by atomic mass is 16.5. The Bertz CT molecular complexity index is 1030. The van der Waals surface area contributed by atoms with Gasteiger partial charge in [0, 0.05) is 24.8 Å². The van der Waals surface area contributed by atoms with Crippen molar-refractivity contribution in [3.8, 4) is 5.75 Å². The van der Waals surface area contributed by atoms with Crippen molar-refractivity contribution in [2.75, 3.05) is 0 Å². The van der Waals surface area contributed by atoms with Gasteiger partial charge in [-0.05, 0) is 42.5 Å². The second-order valence-electron chi connectivity index (χ2n) is 8.36. The first-order valence-electron chi connectivity index (χ1n) is 10.6. The molecule has 0 radical (unpaired) electrons. The zero-order chi connectivity index (χ0) is 19.3. The summed E-state index contributed by atoms with van der Waals surface area (Å²) in [5, 5.41) is 7.32. The van der Waals surface area contributed by atoms with Crippen molar-refractivity contribution in [2.24, 2.45) is 5.10 Å². The minimum absolute atomic E-state index is 0.216. The van der Waals surface area contributed by atoms with Crippen molar-refractivity contribution in [3.63, 3.8) is 0 Å². The molecule has 0 unspecified atom stereocenters. The van der Waals surface area contributed by atoms with Gasteiger partial charge in [0.25, 0.3) is 0 Å². The maximum Gasteiger partial charge on any atom is 0.198 e. The molecular formula is C25H24N2O2. The summed E-state index contributed by atoms with van der Waals surface area (Å²) in [5.41, 5.74) is 3.33. The lowest BCUT2D eigenvalue weighted by molar-refractivity contribution is -0.142. The summed E-state index contributed by atoms with van der Waals surface area (Å²) in [4.78, 5) is 0. The van der Waals surface area contributed by atoms with E-state index in [0.717, 1.165) is 49.3 Å². The molecule has 2 aliphatic heterocycles. The predicted molar refractivity (Wildman–Crippen MR) is 112 cm³/mol. The Balaban J connectivity index is 1.35. The second-order valence-corrected chi connectivity index (χ2v) is 8.36. The van der Waals surface area contributed by atoms with Crippen LogP contribution in [0.2, 0.25) is 0 Å². The normalized spacial score (nSPS) is 27.9. The van der Waals surface area contributed by atoms with E-state index in [2.05, 4.69) is 59.6 Å². The van der Waals surface area contributed by atoms with E-state index in [1.807, 2.05) is 12.1 Å².